The van der Waals surface area contributed by atoms with E-state index in [4.69, 9.17) is 28.2 Å². The number of carbonyl (C=O) groups excluding carboxylic acids is 1. The predicted octanol–water partition coefficient (Wildman–Crippen LogP) is 5.35. The lowest BCUT2D eigenvalue weighted by molar-refractivity contribution is -0.117. The van der Waals surface area contributed by atoms with Gasteiger partial charge < -0.3 is 10.6 Å². The first kappa shape index (κ1) is 22.7. The molecule has 0 atom stereocenters. The van der Waals surface area contributed by atoms with E-state index >= 15 is 0 Å². The second-order valence-corrected chi connectivity index (χ2v) is 9.17. The molecule has 3 heterocycles. The highest BCUT2D eigenvalue weighted by Crippen LogP contribution is 2.26. The number of anilines is 2. The summed E-state index contributed by atoms with van der Waals surface area (Å²) < 4.78 is 1.75. The van der Waals surface area contributed by atoms with E-state index in [1.165, 1.54) is 12.8 Å². The standard InChI is InChI=1S/C25H24Cl2N6O/c26-19-6-3-18(21(27)13-19)15-28-24-14-22(31-23-9-10-29-33(23)24)17-4-7-20(8-5-17)30-25(34)16-32-11-1-2-12-32/h3-10,13-14,28H,1-2,11-12,15-16H2,(H,30,34). The zero-order valence-corrected chi connectivity index (χ0v) is 20.0. The lowest BCUT2D eigenvalue weighted by atomic mass is 10.1. The highest BCUT2D eigenvalue weighted by Gasteiger charge is 2.15. The zero-order valence-electron chi connectivity index (χ0n) is 18.5. The van der Waals surface area contributed by atoms with Crippen molar-refractivity contribution in [2.45, 2.75) is 19.4 Å². The molecule has 1 amide bonds. The van der Waals surface area contributed by atoms with E-state index < -0.39 is 0 Å². The quantitative estimate of drug-likeness (QED) is 0.362. The van der Waals surface area contributed by atoms with E-state index in [-0.39, 0.29) is 5.91 Å². The molecular formula is C25H24Cl2N6O. The minimum atomic E-state index is 0.0146. The maximum Gasteiger partial charge on any atom is 0.238 e. The van der Waals surface area contributed by atoms with E-state index in [9.17, 15) is 4.79 Å². The molecule has 0 bridgehead atoms. The SMILES string of the molecule is O=C(CN1CCCC1)Nc1ccc(-c2cc(NCc3ccc(Cl)cc3Cl)n3nccc3n2)cc1. The Morgan fingerprint density at radius 3 is 2.56 bits per heavy atom. The third kappa shape index (κ3) is 5.17. The summed E-state index contributed by atoms with van der Waals surface area (Å²) in [6.07, 6.45) is 4.05. The van der Waals surface area contributed by atoms with Gasteiger partial charge in [0.15, 0.2) is 5.65 Å². The summed E-state index contributed by atoms with van der Waals surface area (Å²) in [4.78, 5) is 19.2. The van der Waals surface area contributed by atoms with Crippen molar-refractivity contribution in [1.82, 2.24) is 19.5 Å². The molecular weight excluding hydrogens is 471 g/mol. The van der Waals surface area contributed by atoms with Crippen LogP contribution in [0.3, 0.4) is 0 Å². The number of halogens is 2. The third-order valence-corrected chi connectivity index (χ3v) is 6.45. The molecule has 0 radical (unpaired) electrons. The number of nitrogens with one attached hydrogen (secondary N) is 2. The number of benzene rings is 2. The number of hydrogen-bond acceptors (Lipinski definition) is 5. The lowest BCUT2D eigenvalue weighted by Gasteiger charge is -2.14. The summed E-state index contributed by atoms with van der Waals surface area (Å²) in [5.74, 6) is 0.805. The van der Waals surface area contributed by atoms with Crippen LogP contribution in [0.4, 0.5) is 11.5 Å². The molecule has 7 nitrogen and oxygen atoms in total. The number of nitrogens with zero attached hydrogens (tertiary/aromatic N) is 4. The number of fused-ring (bicyclic) bond motifs is 1. The summed E-state index contributed by atoms with van der Waals surface area (Å²) in [6.45, 7) is 2.94. The summed E-state index contributed by atoms with van der Waals surface area (Å²) in [6, 6.07) is 17.0. The predicted molar refractivity (Wildman–Crippen MR) is 137 cm³/mol. The summed E-state index contributed by atoms with van der Waals surface area (Å²) in [5.41, 5.74) is 4.17. The summed E-state index contributed by atoms with van der Waals surface area (Å²) in [7, 11) is 0. The van der Waals surface area contributed by atoms with Crippen LogP contribution in [0.25, 0.3) is 16.9 Å². The Labute approximate surface area is 207 Å². The number of rotatable bonds is 7. The minimum Gasteiger partial charge on any atom is -0.366 e. The van der Waals surface area contributed by atoms with Crippen molar-refractivity contribution in [3.63, 3.8) is 0 Å². The smallest absolute Gasteiger partial charge is 0.238 e. The van der Waals surface area contributed by atoms with Crippen molar-refractivity contribution in [1.29, 1.82) is 0 Å². The summed E-state index contributed by atoms with van der Waals surface area (Å²) >= 11 is 12.3. The van der Waals surface area contributed by atoms with Gasteiger partial charge in [0.2, 0.25) is 5.91 Å². The molecule has 4 aromatic rings. The fourth-order valence-electron chi connectivity index (χ4n) is 4.11. The molecule has 1 fully saturated rings. The van der Waals surface area contributed by atoms with Crippen molar-refractivity contribution in [3.05, 3.63) is 76.4 Å². The monoisotopic (exact) mass is 494 g/mol. The Morgan fingerprint density at radius 1 is 1.00 bits per heavy atom. The van der Waals surface area contributed by atoms with Gasteiger partial charge in [-0.2, -0.15) is 9.61 Å². The molecule has 2 N–H and O–H groups in total. The number of hydrogen-bond donors (Lipinski definition) is 2. The third-order valence-electron chi connectivity index (χ3n) is 5.86. The van der Waals surface area contributed by atoms with Gasteiger partial charge in [-0.15, -0.1) is 0 Å². The Kier molecular flexibility index (Phi) is 6.67. The van der Waals surface area contributed by atoms with Crippen molar-refractivity contribution in [2.24, 2.45) is 0 Å². The van der Waals surface area contributed by atoms with Crippen LogP contribution in [-0.2, 0) is 11.3 Å². The van der Waals surface area contributed by atoms with Crippen molar-refractivity contribution in [2.75, 3.05) is 30.3 Å². The van der Waals surface area contributed by atoms with Crippen LogP contribution in [0.1, 0.15) is 18.4 Å². The van der Waals surface area contributed by atoms with E-state index in [1.807, 2.05) is 48.5 Å². The highest BCUT2D eigenvalue weighted by molar-refractivity contribution is 6.35. The number of carbonyl (C=O) groups is 1. The second kappa shape index (κ2) is 10.0. The first-order chi connectivity index (χ1) is 16.5. The normalized spacial score (nSPS) is 13.9. The fourth-order valence-corrected chi connectivity index (χ4v) is 4.58. The van der Waals surface area contributed by atoms with Gasteiger partial charge in [0.25, 0.3) is 0 Å². The van der Waals surface area contributed by atoms with Crippen LogP contribution in [0.5, 0.6) is 0 Å². The topological polar surface area (TPSA) is 74.6 Å². The molecule has 2 aromatic carbocycles. The molecule has 1 aliphatic rings. The molecule has 0 aliphatic carbocycles. The molecule has 0 saturated carbocycles. The van der Waals surface area contributed by atoms with Gasteiger partial charge in [0.1, 0.15) is 5.82 Å². The molecule has 1 saturated heterocycles. The van der Waals surface area contributed by atoms with Crippen molar-refractivity contribution < 1.29 is 4.79 Å². The Hall–Kier alpha value is -3.13. The fraction of sp³-hybridized carbons (Fsp3) is 0.240. The van der Waals surface area contributed by atoms with Crippen LogP contribution in [0.2, 0.25) is 10.0 Å². The molecule has 1 aliphatic heterocycles. The molecule has 34 heavy (non-hydrogen) atoms. The highest BCUT2D eigenvalue weighted by atomic mass is 35.5. The van der Waals surface area contributed by atoms with Gasteiger partial charge in [0.05, 0.1) is 18.4 Å². The lowest BCUT2D eigenvalue weighted by Crippen LogP contribution is -2.30. The molecule has 0 unspecified atom stereocenters. The first-order valence-electron chi connectivity index (χ1n) is 11.2. The van der Waals surface area contributed by atoms with E-state index in [2.05, 4.69) is 20.6 Å². The zero-order chi connectivity index (χ0) is 23.5. The van der Waals surface area contributed by atoms with Crippen molar-refractivity contribution >= 4 is 46.3 Å². The number of amides is 1. The number of likely N-dealkylation sites (tertiary alicyclic amines) is 1. The van der Waals surface area contributed by atoms with Gasteiger partial charge in [-0.3, -0.25) is 9.69 Å². The van der Waals surface area contributed by atoms with Crippen LogP contribution in [0.15, 0.2) is 60.8 Å². The van der Waals surface area contributed by atoms with E-state index in [0.29, 0.717) is 23.1 Å². The molecule has 5 rings (SSSR count). The van der Waals surface area contributed by atoms with Crippen molar-refractivity contribution in [3.8, 4) is 11.3 Å². The van der Waals surface area contributed by atoms with E-state index in [1.54, 1.807) is 16.8 Å². The maximum absolute atomic E-state index is 12.3. The van der Waals surface area contributed by atoms with Gasteiger partial charge in [0, 0.05) is 40.0 Å². The largest absolute Gasteiger partial charge is 0.366 e. The molecule has 2 aromatic heterocycles. The second-order valence-electron chi connectivity index (χ2n) is 8.33. The molecule has 0 spiro atoms. The minimum absolute atomic E-state index is 0.0146. The van der Waals surface area contributed by atoms with Gasteiger partial charge in [-0.25, -0.2) is 4.98 Å². The molecule has 174 valence electrons. The Morgan fingerprint density at radius 2 is 1.79 bits per heavy atom. The first-order valence-corrected chi connectivity index (χ1v) is 12.0. The Balaban J connectivity index is 1.32. The maximum atomic E-state index is 12.3. The average molecular weight is 495 g/mol. The summed E-state index contributed by atoms with van der Waals surface area (Å²) in [5, 5.41) is 12.0. The van der Waals surface area contributed by atoms with Gasteiger partial charge in [-0.05, 0) is 55.8 Å². The van der Waals surface area contributed by atoms with Crippen LogP contribution < -0.4 is 10.6 Å². The van der Waals surface area contributed by atoms with E-state index in [0.717, 1.165) is 47.1 Å². The van der Waals surface area contributed by atoms with Crippen LogP contribution >= 0.6 is 23.2 Å². The number of aromatic nitrogens is 3. The van der Waals surface area contributed by atoms with Gasteiger partial charge >= 0.3 is 0 Å². The van der Waals surface area contributed by atoms with Gasteiger partial charge in [-0.1, -0.05) is 41.4 Å². The van der Waals surface area contributed by atoms with Crippen LogP contribution in [0, 0.1) is 0 Å². The van der Waals surface area contributed by atoms with Crippen LogP contribution in [-0.4, -0.2) is 45.0 Å². The Bertz CT molecular complexity index is 1310. The average Bonchev–Trinajstić information content (AvgIpc) is 3.51. The molecule has 9 heteroatoms.